The van der Waals surface area contributed by atoms with Gasteiger partial charge in [-0.2, -0.15) is 0 Å². The summed E-state index contributed by atoms with van der Waals surface area (Å²) in [6.07, 6.45) is 1.13. The van der Waals surface area contributed by atoms with Gasteiger partial charge in [0.05, 0.1) is 22.1 Å². The van der Waals surface area contributed by atoms with Gasteiger partial charge in [0.1, 0.15) is 17.6 Å². The lowest BCUT2D eigenvalue weighted by atomic mass is 10.0. The SMILES string of the molecule is CCNC1c2c(Br)c(OC)cc(Br)c2OC1CC. The Bertz CT molecular complexity index is 451. The number of ether oxygens (including phenoxy) is 2. The molecule has 0 aliphatic carbocycles. The Kier molecular flexibility index (Phi) is 4.56. The summed E-state index contributed by atoms with van der Waals surface area (Å²) in [7, 11) is 1.67. The minimum absolute atomic E-state index is 0.166. The molecule has 1 aliphatic heterocycles. The van der Waals surface area contributed by atoms with Crippen molar-refractivity contribution in [2.75, 3.05) is 13.7 Å². The summed E-state index contributed by atoms with van der Waals surface area (Å²) >= 11 is 7.18. The smallest absolute Gasteiger partial charge is 0.140 e. The molecule has 100 valence electrons. The Morgan fingerprint density at radius 2 is 2.11 bits per heavy atom. The Hall–Kier alpha value is -0.260. The van der Waals surface area contributed by atoms with Crippen molar-refractivity contribution in [1.82, 2.24) is 5.32 Å². The normalized spacial score (nSPS) is 21.6. The standard InChI is InChI=1S/C13H17Br2NO2/c1-4-8-12(16-5-2)10-11(15)9(17-3)6-7(14)13(10)18-8/h6,8,12,16H,4-5H2,1-3H3. The first-order valence-electron chi connectivity index (χ1n) is 6.09. The van der Waals surface area contributed by atoms with E-state index in [1.807, 2.05) is 6.07 Å². The molecule has 1 aromatic rings. The molecule has 2 atom stereocenters. The first-order chi connectivity index (χ1) is 8.63. The minimum atomic E-state index is 0.166. The topological polar surface area (TPSA) is 30.5 Å². The van der Waals surface area contributed by atoms with Crippen LogP contribution < -0.4 is 14.8 Å². The number of likely N-dealkylation sites (N-methyl/N-ethyl adjacent to an activating group) is 1. The molecule has 3 nitrogen and oxygen atoms in total. The molecule has 2 rings (SSSR count). The third-order valence-electron chi connectivity index (χ3n) is 3.17. The van der Waals surface area contributed by atoms with E-state index < -0.39 is 0 Å². The van der Waals surface area contributed by atoms with E-state index in [1.165, 1.54) is 0 Å². The van der Waals surface area contributed by atoms with Crippen molar-refractivity contribution in [1.29, 1.82) is 0 Å². The minimum Gasteiger partial charge on any atom is -0.496 e. The number of methoxy groups -OCH3 is 1. The molecule has 1 aliphatic rings. The highest BCUT2D eigenvalue weighted by Gasteiger charge is 2.37. The van der Waals surface area contributed by atoms with Gasteiger partial charge in [0.25, 0.3) is 0 Å². The maximum Gasteiger partial charge on any atom is 0.140 e. The lowest BCUT2D eigenvalue weighted by molar-refractivity contribution is 0.185. The second-order valence-corrected chi connectivity index (χ2v) is 5.86. The van der Waals surface area contributed by atoms with Gasteiger partial charge in [0, 0.05) is 5.56 Å². The van der Waals surface area contributed by atoms with Crippen molar-refractivity contribution in [2.45, 2.75) is 32.4 Å². The first kappa shape index (κ1) is 14.2. The maximum absolute atomic E-state index is 6.04. The van der Waals surface area contributed by atoms with E-state index in [0.717, 1.165) is 39.0 Å². The van der Waals surface area contributed by atoms with Crippen molar-refractivity contribution in [3.8, 4) is 11.5 Å². The molecule has 5 heteroatoms. The fourth-order valence-electron chi connectivity index (χ4n) is 2.33. The lowest BCUT2D eigenvalue weighted by Crippen LogP contribution is -2.30. The predicted molar refractivity (Wildman–Crippen MR) is 79.5 cm³/mol. The van der Waals surface area contributed by atoms with Crippen LogP contribution in [0.25, 0.3) is 0 Å². The number of nitrogens with one attached hydrogen (secondary N) is 1. The quantitative estimate of drug-likeness (QED) is 0.857. The molecule has 1 aromatic carbocycles. The number of hydrogen-bond acceptors (Lipinski definition) is 3. The molecule has 0 fully saturated rings. The van der Waals surface area contributed by atoms with E-state index in [0.29, 0.717) is 0 Å². The van der Waals surface area contributed by atoms with E-state index >= 15 is 0 Å². The number of fused-ring (bicyclic) bond motifs is 1. The molecule has 0 saturated carbocycles. The summed E-state index contributed by atoms with van der Waals surface area (Å²) in [4.78, 5) is 0. The van der Waals surface area contributed by atoms with Crippen LogP contribution in [0.4, 0.5) is 0 Å². The Balaban J connectivity index is 2.53. The van der Waals surface area contributed by atoms with Gasteiger partial charge in [-0.3, -0.25) is 0 Å². The van der Waals surface area contributed by atoms with Crippen LogP contribution in [0.15, 0.2) is 15.0 Å². The van der Waals surface area contributed by atoms with Crippen LogP contribution in [-0.4, -0.2) is 19.8 Å². The molecule has 18 heavy (non-hydrogen) atoms. The predicted octanol–water partition coefficient (Wildman–Crippen LogP) is 4.04. The van der Waals surface area contributed by atoms with Crippen LogP contribution in [0, 0.1) is 0 Å². The highest BCUT2D eigenvalue weighted by atomic mass is 79.9. The Labute approximate surface area is 124 Å². The lowest BCUT2D eigenvalue weighted by Gasteiger charge is -2.18. The zero-order valence-corrected chi connectivity index (χ0v) is 13.9. The summed E-state index contributed by atoms with van der Waals surface area (Å²) in [6.45, 7) is 5.15. The maximum atomic E-state index is 6.04. The first-order valence-corrected chi connectivity index (χ1v) is 7.68. The van der Waals surface area contributed by atoms with E-state index in [-0.39, 0.29) is 12.1 Å². The second kappa shape index (κ2) is 5.80. The molecule has 0 bridgehead atoms. The summed E-state index contributed by atoms with van der Waals surface area (Å²) in [6, 6.07) is 2.14. The molecule has 1 N–H and O–H groups in total. The Morgan fingerprint density at radius 1 is 1.39 bits per heavy atom. The Morgan fingerprint density at radius 3 is 2.67 bits per heavy atom. The van der Waals surface area contributed by atoms with Crippen LogP contribution in [-0.2, 0) is 0 Å². The highest BCUT2D eigenvalue weighted by molar-refractivity contribution is 9.11. The molecule has 0 saturated heterocycles. The van der Waals surface area contributed by atoms with Crippen molar-refractivity contribution < 1.29 is 9.47 Å². The zero-order chi connectivity index (χ0) is 13.3. The second-order valence-electron chi connectivity index (χ2n) is 4.22. The number of hydrogen-bond donors (Lipinski definition) is 1. The monoisotopic (exact) mass is 377 g/mol. The third-order valence-corrected chi connectivity index (χ3v) is 4.58. The van der Waals surface area contributed by atoms with Gasteiger partial charge in [-0.25, -0.2) is 0 Å². The van der Waals surface area contributed by atoms with Crippen LogP contribution >= 0.6 is 31.9 Å². The van der Waals surface area contributed by atoms with Gasteiger partial charge in [-0.1, -0.05) is 13.8 Å². The number of rotatable bonds is 4. The molecule has 0 amide bonds. The van der Waals surface area contributed by atoms with Crippen molar-refractivity contribution >= 4 is 31.9 Å². The van der Waals surface area contributed by atoms with Gasteiger partial charge >= 0.3 is 0 Å². The van der Waals surface area contributed by atoms with E-state index in [2.05, 4.69) is 51.0 Å². The number of benzene rings is 1. The molecule has 0 radical (unpaired) electrons. The number of halogens is 2. The zero-order valence-electron chi connectivity index (χ0n) is 10.7. The summed E-state index contributed by atoms with van der Waals surface area (Å²) in [5.41, 5.74) is 1.15. The largest absolute Gasteiger partial charge is 0.496 e. The van der Waals surface area contributed by atoms with Gasteiger partial charge < -0.3 is 14.8 Å². The summed E-state index contributed by atoms with van der Waals surface area (Å²) in [5, 5.41) is 3.49. The van der Waals surface area contributed by atoms with Crippen molar-refractivity contribution in [3.05, 3.63) is 20.6 Å². The van der Waals surface area contributed by atoms with Crippen LogP contribution in [0.2, 0.25) is 0 Å². The molecular formula is C13H17Br2NO2. The molecular weight excluding hydrogens is 362 g/mol. The molecule has 0 aromatic heterocycles. The third kappa shape index (κ3) is 2.28. The van der Waals surface area contributed by atoms with E-state index in [1.54, 1.807) is 7.11 Å². The van der Waals surface area contributed by atoms with Crippen molar-refractivity contribution in [2.24, 2.45) is 0 Å². The van der Waals surface area contributed by atoms with Gasteiger partial charge in [0.15, 0.2) is 0 Å². The summed E-state index contributed by atoms with van der Waals surface area (Å²) in [5.74, 6) is 1.74. The van der Waals surface area contributed by atoms with Crippen LogP contribution in [0.1, 0.15) is 31.9 Å². The highest BCUT2D eigenvalue weighted by Crippen LogP contribution is 2.50. The van der Waals surface area contributed by atoms with Gasteiger partial charge in [0.2, 0.25) is 0 Å². The van der Waals surface area contributed by atoms with E-state index in [9.17, 15) is 0 Å². The van der Waals surface area contributed by atoms with Crippen molar-refractivity contribution in [3.63, 3.8) is 0 Å². The summed E-state index contributed by atoms with van der Waals surface area (Å²) < 4.78 is 13.3. The van der Waals surface area contributed by atoms with Gasteiger partial charge in [-0.05, 0) is 50.9 Å². The molecule has 1 heterocycles. The molecule has 0 spiro atoms. The van der Waals surface area contributed by atoms with Crippen LogP contribution in [0.5, 0.6) is 11.5 Å². The molecule has 2 unspecified atom stereocenters. The van der Waals surface area contributed by atoms with Gasteiger partial charge in [-0.15, -0.1) is 0 Å². The van der Waals surface area contributed by atoms with E-state index in [4.69, 9.17) is 9.47 Å². The van der Waals surface area contributed by atoms with Crippen LogP contribution in [0.3, 0.4) is 0 Å². The average Bonchev–Trinajstić information content (AvgIpc) is 2.74. The fraction of sp³-hybridized carbons (Fsp3) is 0.538. The average molecular weight is 379 g/mol. The fourth-order valence-corrected chi connectivity index (χ4v) is 3.55.